The Morgan fingerprint density at radius 1 is 1.08 bits per heavy atom. The first-order valence-electron chi connectivity index (χ1n) is 7.71. The van der Waals surface area contributed by atoms with E-state index in [1.807, 2.05) is 0 Å². The van der Waals surface area contributed by atoms with Gasteiger partial charge < -0.3 is 9.42 Å². The minimum atomic E-state index is -0.350. The van der Waals surface area contributed by atoms with Crippen LogP contribution in [-0.4, -0.2) is 28.8 Å². The topological polar surface area (TPSA) is 59.2 Å². The molecule has 0 bridgehead atoms. The molecule has 26 heavy (non-hydrogen) atoms. The fourth-order valence-corrected chi connectivity index (χ4v) is 2.92. The number of hydrogen-bond acceptors (Lipinski definition) is 5. The van der Waals surface area contributed by atoms with Crippen molar-refractivity contribution in [3.63, 3.8) is 0 Å². The van der Waals surface area contributed by atoms with Crippen molar-refractivity contribution < 1.29 is 18.1 Å². The highest BCUT2D eigenvalue weighted by Crippen LogP contribution is 2.19. The summed E-state index contributed by atoms with van der Waals surface area (Å²) in [5, 5.41) is 3.85. The molecule has 0 saturated heterocycles. The zero-order chi connectivity index (χ0) is 18.5. The minimum Gasteiger partial charge on any atom is -0.338 e. The molecule has 1 heterocycles. The number of benzene rings is 2. The monoisotopic (exact) mass is 375 g/mol. The number of anilines is 1. The molecule has 0 N–H and O–H groups in total. The van der Waals surface area contributed by atoms with Crippen molar-refractivity contribution in [2.24, 2.45) is 0 Å². The predicted octanol–water partition coefficient (Wildman–Crippen LogP) is 3.91. The van der Waals surface area contributed by atoms with Crippen LogP contribution in [-0.2, 0) is 10.5 Å². The van der Waals surface area contributed by atoms with Crippen molar-refractivity contribution in [1.82, 2.24) is 10.1 Å². The van der Waals surface area contributed by atoms with Crippen LogP contribution >= 0.6 is 11.8 Å². The molecule has 0 radical (unpaired) electrons. The first kappa shape index (κ1) is 18.1. The van der Waals surface area contributed by atoms with Crippen LogP contribution in [0.1, 0.15) is 5.89 Å². The highest BCUT2D eigenvalue weighted by Gasteiger charge is 2.13. The number of hydrogen-bond donors (Lipinski definition) is 0. The first-order valence-corrected chi connectivity index (χ1v) is 8.87. The van der Waals surface area contributed by atoms with Crippen molar-refractivity contribution in [2.45, 2.75) is 5.75 Å². The van der Waals surface area contributed by atoms with Gasteiger partial charge in [0.05, 0.1) is 11.5 Å². The van der Waals surface area contributed by atoms with Crippen LogP contribution in [0, 0.1) is 11.6 Å². The van der Waals surface area contributed by atoms with E-state index in [0.29, 0.717) is 28.7 Å². The Bertz CT molecular complexity index is 882. The van der Waals surface area contributed by atoms with Crippen LogP contribution in [0.5, 0.6) is 0 Å². The van der Waals surface area contributed by atoms with E-state index in [0.717, 1.165) is 0 Å². The molecule has 0 aliphatic heterocycles. The summed E-state index contributed by atoms with van der Waals surface area (Å²) in [5.74, 6) is 0.523. The van der Waals surface area contributed by atoms with E-state index in [2.05, 4.69) is 10.1 Å². The van der Waals surface area contributed by atoms with E-state index in [9.17, 15) is 13.6 Å². The SMILES string of the molecule is CN(C(=O)CSCc1nc(-c2ccc(F)cc2)no1)c1ccc(F)cc1. The molecule has 0 aliphatic rings. The Morgan fingerprint density at radius 3 is 2.35 bits per heavy atom. The van der Waals surface area contributed by atoms with Gasteiger partial charge in [-0.2, -0.15) is 4.98 Å². The fraction of sp³-hybridized carbons (Fsp3) is 0.167. The maximum absolute atomic E-state index is 12.9. The lowest BCUT2D eigenvalue weighted by Crippen LogP contribution is -2.27. The number of aromatic nitrogens is 2. The molecule has 3 rings (SSSR count). The molecule has 1 amide bonds. The van der Waals surface area contributed by atoms with Gasteiger partial charge in [0.25, 0.3) is 0 Å². The molecule has 0 fully saturated rings. The van der Waals surface area contributed by atoms with E-state index in [1.165, 1.54) is 40.9 Å². The lowest BCUT2D eigenvalue weighted by Gasteiger charge is -2.16. The second-order valence-corrected chi connectivity index (χ2v) is 6.43. The van der Waals surface area contributed by atoms with Crippen molar-refractivity contribution in [2.75, 3.05) is 17.7 Å². The van der Waals surface area contributed by atoms with E-state index in [4.69, 9.17) is 4.52 Å². The van der Waals surface area contributed by atoms with Gasteiger partial charge in [-0.25, -0.2) is 8.78 Å². The van der Waals surface area contributed by atoms with Crippen molar-refractivity contribution >= 4 is 23.4 Å². The van der Waals surface area contributed by atoms with Crippen LogP contribution in [0.3, 0.4) is 0 Å². The van der Waals surface area contributed by atoms with E-state index < -0.39 is 0 Å². The van der Waals surface area contributed by atoms with E-state index >= 15 is 0 Å². The number of halogens is 2. The molecule has 0 atom stereocenters. The first-order chi connectivity index (χ1) is 12.5. The second kappa shape index (κ2) is 8.09. The van der Waals surface area contributed by atoms with E-state index in [1.54, 1.807) is 31.3 Å². The van der Waals surface area contributed by atoms with Crippen LogP contribution < -0.4 is 4.90 Å². The predicted molar refractivity (Wildman–Crippen MR) is 95.7 cm³/mol. The number of thioether (sulfide) groups is 1. The van der Waals surface area contributed by atoms with Crippen LogP contribution in [0.2, 0.25) is 0 Å². The maximum Gasteiger partial charge on any atom is 0.236 e. The van der Waals surface area contributed by atoms with Crippen LogP contribution in [0.4, 0.5) is 14.5 Å². The number of carbonyl (C=O) groups excluding carboxylic acids is 1. The van der Waals surface area contributed by atoms with Gasteiger partial charge in [-0.1, -0.05) is 5.16 Å². The Balaban J connectivity index is 1.52. The quantitative estimate of drug-likeness (QED) is 0.654. The number of rotatable bonds is 6. The lowest BCUT2D eigenvalue weighted by atomic mass is 10.2. The Morgan fingerprint density at radius 2 is 1.69 bits per heavy atom. The Labute approximate surface area is 153 Å². The summed E-state index contributed by atoms with van der Waals surface area (Å²) in [5.41, 5.74) is 1.27. The Hall–Kier alpha value is -2.74. The standard InChI is InChI=1S/C18H15F2N3O2S/c1-23(15-8-6-14(20)7-9-15)17(24)11-26-10-16-21-18(22-25-16)12-2-4-13(19)5-3-12/h2-9H,10-11H2,1H3. The van der Waals surface area contributed by atoms with Crippen molar-refractivity contribution in [3.8, 4) is 11.4 Å². The number of carbonyl (C=O) groups is 1. The highest BCUT2D eigenvalue weighted by molar-refractivity contribution is 7.99. The summed E-state index contributed by atoms with van der Waals surface area (Å²) in [6.07, 6.45) is 0. The largest absolute Gasteiger partial charge is 0.338 e. The normalized spacial score (nSPS) is 10.7. The molecule has 3 aromatic rings. The molecule has 5 nitrogen and oxygen atoms in total. The van der Waals surface area contributed by atoms with Crippen LogP contribution in [0.25, 0.3) is 11.4 Å². The molecule has 134 valence electrons. The van der Waals surface area contributed by atoms with Gasteiger partial charge in [0.1, 0.15) is 11.6 Å². The van der Waals surface area contributed by atoms with Gasteiger partial charge in [0, 0.05) is 18.3 Å². The van der Waals surface area contributed by atoms with E-state index in [-0.39, 0.29) is 23.3 Å². The fourth-order valence-electron chi connectivity index (χ4n) is 2.16. The van der Waals surface area contributed by atoms with Gasteiger partial charge in [0.15, 0.2) is 0 Å². The Kier molecular flexibility index (Phi) is 5.62. The van der Waals surface area contributed by atoms with Gasteiger partial charge in [-0.3, -0.25) is 4.79 Å². The summed E-state index contributed by atoms with van der Waals surface area (Å²) in [4.78, 5) is 17.9. The molecule has 1 aromatic heterocycles. The molecular formula is C18H15F2N3O2S. The lowest BCUT2D eigenvalue weighted by molar-refractivity contribution is -0.115. The smallest absolute Gasteiger partial charge is 0.236 e. The second-order valence-electron chi connectivity index (χ2n) is 5.44. The van der Waals surface area contributed by atoms with Gasteiger partial charge in [-0.05, 0) is 48.5 Å². The highest BCUT2D eigenvalue weighted by atomic mass is 32.2. The molecule has 0 unspecified atom stereocenters. The number of nitrogens with zero attached hydrogens (tertiary/aromatic N) is 3. The third kappa shape index (κ3) is 4.45. The average Bonchev–Trinajstić information content (AvgIpc) is 3.11. The summed E-state index contributed by atoms with van der Waals surface area (Å²) in [6.45, 7) is 0. The van der Waals surface area contributed by atoms with Gasteiger partial charge in [-0.15, -0.1) is 11.8 Å². The molecule has 0 aliphatic carbocycles. The average molecular weight is 375 g/mol. The molecule has 0 saturated carbocycles. The molecule has 0 spiro atoms. The van der Waals surface area contributed by atoms with Gasteiger partial charge in [0.2, 0.25) is 17.6 Å². The third-order valence-corrected chi connectivity index (χ3v) is 4.51. The van der Waals surface area contributed by atoms with Crippen molar-refractivity contribution in [3.05, 3.63) is 66.1 Å². The minimum absolute atomic E-state index is 0.125. The molecular weight excluding hydrogens is 360 g/mol. The maximum atomic E-state index is 12.9. The molecule has 8 heteroatoms. The summed E-state index contributed by atoms with van der Waals surface area (Å²) < 4.78 is 31.0. The summed E-state index contributed by atoms with van der Waals surface area (Å²) >= 11 is 1.33. The molecule has 2 aromatic carbocycles. The third-order valence-electron chi connectivity index (χ3n) is 3.61. The van der Waals surface area contributed by atoms with Gasteiger partial charge >= 0.3 is 0 Å². The zero-order valence-electron chi connectivity index (χ0n) is 13.9. The van der Waals surface area contributed by atoms with Crippen molar-refractivity contribution in [1.29, 1.82) is 0 Å². The number of amides is 1. The summed E-state index contributed by atoms with van der Waals surface area (Å²) in [6, 6.07) is 11.5. The van der Waals surface area contributed by atoms with Crippen LogP contribution in [0.15, 0.2) is 53.1 Å². The summed E-state index contributed by atoms with van der Waals surface area (Å²) in [7, 11) is 1.63. The zero-order valence-corrected chi connectivity index (χ0v) is 14.7.